The SMILES string of the molecule is Cc1cc(CNC(=O)C2CC(=O)N(c3ccc(Cl)cc3)C2)no1. The number of nitrogens with zero attached hydrogens (tertiary/aromatic N) is 2. The van der Waals surface area contributed by atoms with Crippen molar-refractivity contribution in [2.75, 3.05) is 11.4 Å². The number of hydrogen-bond acceptors (Lipinski definition) is 4. The monoisotopic (exact) mass is 333 g/mol. The quantitative estimate of drug-likeness (QED) is 0.931. The van der Waals surface area contributed by atoms with Crippen molar-refractivity contribution in [2.24, 2.45) is 5.92 Å². The predicted octanol–water partition coefficient (Wildman–Crippen LogP) is 2.31. The number of amides is 2. The Balaban J connectivity index is 1.60. The van der Waals surface area contributed by atoms with Crippen LogP contribution in [0.3, 0.4) is 0 Å². The highest BCUT2D eigenvalue weighted by Crippen LogP contribution is 2.26. The number of carbonyl (C=O) groups is 2. The van der Waals surface area contributed by atoms with E-state index in [4.69, 9.17) is 16.1 Å². The van der Waals surface area contributed by atoms with Crippen LogP contribution in [0.25, 0.3) is 0 Å². The summed E-state index contributed by atoms with van der Waals surface area (Å²) >= 11 is 5.85. The van der Waals surface area contributed by atoms with Crippen molar-refractivity contribution in [1.29, 1.82) is 0 Å². The van der Waals surface area contributed by atoms with Crippen molar-refractivity contribution in [3.05, 3.63) is 46.8 Å². The van der Waals surface area contributed by atoms with E-state index in [1.165, 1.54) is 0 Å². The van der Waals surface area contributed by atoms with Gasteiger partial charge in [-0.05, 0) is 31.2 Å². The molecule has 1 aliphatic heterocycles. The van der Waals surface area contributed by atoms with Crippen molar-refractivity contribution in [3.63, 3.8) is 0 Å². The van der Waals surface area contributed by atoms with Crippen molar-refractivity contribution >= 4 is 29.1 Å². The standard InChI is InChI=1S/C16H16ClN3O3/c1-10-6-13(19-23-10)8-18-16(22)11-7-15(21)20(9-11)14-4-2-12(17)3-5-14/h2-6,11H,7-9H2,1H3,(H,18,22). The molecule has 1 fully saturated rings. The molecule has 0 aliphatic carbocycles. The Morgan fingerprint density at radius 3 is 2.83 bits per heavy atom. The number of hydrogen-bond donors (Lipinski definition) is 1. The molecule has 1 unspecified atom stereocenters. The zero-order chi connectivity index (χ0) is 16.4. The van der Waals surface area contributed by atoms with Gasteiger partial charge in [0.25, 0.3) is 0 Å². The van der Waals surface area contributed by atoms with E-state index < -0.39 is 0 Å². The molecule has 1 atom stereocenters. The van der Waals surface area contributed by atoms with Gasteiger partial charge in [0.2, 0.25) is 11.8 Å². The van der Waals surface area contributed by atoms with E-state index >= 15 is 0 Å². The first-order valence-corrected chi connectivity index (χ1v) is 7.66. The first kappa shape index (κ1) is 15.6. The van der Waals surface area contributed by atoms with E-state index in [1.807, 2.05) is 0 Å². The molecule has 0 radical (unpaired) electrons. The minimum absolute atomic E-state index is 0.0650. The molecule has 0 bridgehead atoms. The molecule has 0 saturated carbocycles. The van der Waals surface area contributed by atoms with Gasteiger partial charge in [-0.15, -0.1) is 0 Å². The third-order valence-corrected chi connectivity index (χ3v) is 4.01. The van der Waals surface area contributed by atoms with Crippen LogP contribution in [0.2, 0.25) is 5.02 Å². The van der Waals surface area contributed by atoms with Crippen molar-refractivity contribution in [1.82, 2.24) is 10.5 Å². The van der Waals surface area contributed by atoms with E-state index in [-0.39, 0.29) is 24.2 Å². The maximum absolute atomic E-state index is 12.2. The summed E-state index contributed by atoms with van der Waals surface area (Å²) in [6.07, 6.45) is 0.201. The van der Waals surface area contributed by atoms with Gasteiger partial charge in [0, 0.05) is 29.7 Å². The summed E-state index contributed by atoms with van der Waals surface area (Å²) in [4.78, 5) is 26.0. The average Bonchev–Trinajstić information content (AvgIpc) is 3.12. The van der Waals surface area contributed by atoms with Crippen LogP contribution in [0.15, 0.2) is 34.9 Å². The predicted molar refractivity (Wildman–Crippen MR) is 85.0 cm³/mol. The molecule has 23 heavy (non-hydrogen) atoms. The Labute approximate surface area is 138 Å². The molecule has 1 N–H and O–H groups in total. The molecule has 2 heterocycles. The minimum Gasteiger partial charge on any atom is -0.361 e. The number of anilines is 1. The van der Waals surface area contributed by atoms with E-state index in [0.717, 1.165) is 5.69 Å². The van der Waals surface area contributed by atoms with Crippen LogP contribution in [0.5, 0.6) is 0 Å². The molecule has 2 aromatic rings. The van der Waals surface area contributed by atoms with Crippen LogP contribution >= 0.6 is 11.6 Å². The lowest BCUT2D eigenvalue weighted by Gasteiger charge is -2.16. The topological polar surface area (TPSA) is 75.4 Å². The molecule has 2 amide bonds. The molecule has 1 saturated heterocycles. The summed E-state index contributed by atoms with van der Waals surface area (Å²) in [6.45, 7) is 2.45. The summed E-state index contributed by atoms with van der Waals surface area (Å²) in [5.74, 6) is 0.102. The fraction of sp³-hybridized carbons (Fsp3) is 0.312. The molecule has 1 aromatic heterocycles. The zero-order valence-electron chi connectivity index (χ0n) is 12.6. The molecule has 3 rings (SSSR count). The lowest BCUT2D eigenvalue weighted by molar-refractivity contribution is -0.126. The lowest BCUT2D eigenvalue weighted by atomic mass is 10.1. The molecule has 1 aliphatic rings. The van der Waals surface area contributed by atoms with E-state index in [0.29, 0.717) is 29.6 Å². The Kier molecular flexibility index (Phi) is 4.34. The highest BCUT2D eigenvalue weighted by molar-refractivity contribution is 6.30. The third kappa shape index (κ3) is 3.53. The second-order valence-corrected chi connectivity index (χ2v) is 5.96. The van der Waals surface area contributed by atoms with Gasteiger partial charge < -0.3 is 14.7 Å². The molecular weight excluding hydrogens is 318 g/mol. The third-order valence-electron chi connectivity index (χ3n) is 3.75. The van der Waals surface area contributed by atoms with Crippen LogP contribution in [-0.4, -0.2) is 23.5 Å². The number of carbonyl (C=O) groups excluding carboxylic acids is 2. The number of nitrogens with one attached hydrogen (secondary N) is 1. The molecular formula is C16H16ClN3O3. The van der Waals surface area contributed by atoms with Crippen molar-refractivity contribution < 1.29 is 14.1 Å². The normalized spacial score (nSPS) is 17.6. The summed E-state index contributed by atoms with van der Waals surface area (Å²) in [5, 5.41) is 7.22. The fourth-order valence-electron chi connectivity index (χ4n) is 2.58. The van der Waals surface area contributed by atoms with Gasteiger partial charge in [-0.3, -0.25) is 9.59 Å². The van der Waals surface area contributed by atoms with Gasteiger partial charge in [0.1, 0.15) is 11.5 Å². The van der Waals surface area contributed by atoms with Gasteiger partial charge in [0.05, 0.1) is 12.5 Å². The highest BCUT2D eigenvalue weighted by Gasteiger charge is 2.35. The van der Waals surface area contributed by atoms with E-state index in [1.54, 1.807) is 42.2 Å². The molecule has 120 valence electrons. The van der Waals surface area contributed by atoms with Gasteiger partial charge in [0.15, 0.2) is 0 Å². The summed E-state index contributed by atoms with van der Waals surface area (Å²) in [7, 11) is 0. The van der Waals surface area contributed by atoms with Gasteiger partial charge in [-0.25, -0.2) is 0 Å². The number of halogens is 1. The largest absolute Gasteiger partial charge is 0.361 e. The first-order chi connectivity index (χ1) is 11.0. The summed E-state index contributed by atoms with van der Waals surface area (Å²) < 4.78 is 4.95. The first-order valence-electron chi connectivity index (χ1n) is 7.29. The maximum atomic E-state index is 12.2. The Hall–Kier alpha value is -2.34. The lowest BCUT2D eigenvalue weighted by Crippen LogP contribution is -2.32. The van der Waals surface area contributed by atoms with Crippen LogP contribution in [-0.2, 0) is 16.1 Å². The number of aryl methyl sites for hydroxylation is 1. The highest BCUT2D eigenvalue weighted by atomic mass is 35.5. The molecule has 7 heteroatoms. The second kappa shape index (κ2) is 6.42. The van der Waals surface area contributed by atoms with Crippen LogP contribution in [0, 0.1) is 12.8 Å². The van der Waals surface area contributed by atoms with Crippen LogP contribution in [0.4, 0.5) is 5.69 Å². The number of benzene rings is 1. The van der Waals surface area contributed by atoms with E-state index in [9.17, 15) is 9.59 Å². The number of rotatable bonds is 4. The fourth-order valence-corrected chi connectivity index (χ4v) is 2.70. The smallest absolute Gasteiger partial charge is 0.227 e. The van der Waals surface area contributed by atoms with Gasteiger partial charge in [-0.1, -0.05) is 16.8 Å². The van der Waals surface area contributed by atoms with Crippen LogP contribution < -0.4 is 10.2 Å². The second-order valence-electron chi connectivity index (χ2n) is 5.53. The molecule has 1 aromatic carbocycles. The van der Waals surface area contributed by atoms with Crippen LogP contribution in [0.1, 0.15) is 17.9 Å². The maximum Gasteiger partial charge on any atom is 0.227 e. The average molecular weight is 334 g/mol. The minimum atomic E-state index is -0.369. The van der Waals surface area contributed by atoms with Crippen molar-refractivity contribution in [3.8, 4) is 0 Å². The zero-order valence-corrected chi connectivity index (χ0v) is 13.3. The Morgan fingerprint density at radius 2 is 2.17 bits per heavy atom. The van der Waals surface area contributed by atoms with Gasteiger partial charge >= 0.3 is 0 Å². The van der Waals surface area contributed by atoms with Crippen molar-refractivity contribution in [2.45, 2.75) is 19.9 Å². The summed E-state index contributed by atoms with van der Waals surface area (Å²) in [6, 6.07) is 8.77. The molecule has 6 nitrogen and oxygen atoms in total. The molecule has 0 spiro atoms. The number of aromatic nitrogens is 1. The van der Waals surface area contributed by atoms with E-state index in [2.05, 4.69) is 10.5 Å². The van der Waals surface area contributed by atoms with Gasteiger partial charge in [-0.2, -0.15) is 0 Å². The summed E-state index contributed by atoms with van der Waals surface area (Å²) in [5.41, 5.74) is 1.41. The Morgan fingerprint density at radius 1 is 1.43 bits per heavy atom. The Bertz CT molecular complexity index is 726.